The third-order valence-electron chi connectivity index (χ3n) is 5.40. The Kier molecular flexibility index (Phi) is 6.15. The Hall–Kier alpha value is -2.08. The molecule has 1 amide bonds. The van der Waals surface area contributed by atoms with E-state index < -0.39 is 0 Å². The number of benzene rings is 1. The fraction of sp³-hybridized carbons (Fsp3) is 0.500. The number of aromatic nitrogens is 3. The van der Waals surface area contributed by atoms with Crippen molar-refractivity contribution in [3.63, 3.8) is 0 Å². The molecule has 0 radical (unpaired) electrons. The van der Waals surface area contributed by atoms with E-state index in [2.05, 4.69) is 38.3 Å². The Morgan fingerprint density at radius 2 is 2.07 bits per heavy atom. The predicted octanol–water partition coefficient (Wildman–Crippen LogP) is 4.63. The molecular formula is C22H28N4OS. The van der Waals surface area contributed by atoms with Crippen LogP contribution in [0.3, 0.4) is 0 Å². The molecular weight excluding hydrogens is 368 g/mol. The fourth-order valence-corrected chi connectivity index (χ4v) is 4.52. The van der Waals surface area contributed by atoms with Gasteiger partial charge >= 0.3 is 0 Å². The number of amides is 1. The van der Waals surface area contributed by atoms with Crippen LogP contribution in [0.4, 0.5) is 0 Å². The monoisotopic (exact) mass is 396 g/mol. The maximum Gasteiger partial charge on any atom is 0.233 e. The molecule has 148 valence electrons. The quantitative estimate of drug-likeness (QED) is 0.522. The molecule has 0 bridgehead atoms. The van der Waals surface area contributed by atoms with Gasteiger partial charge in [-0.15, -0.1) is 10.2 Å². The van der Waals surface area contributed by atoms with E-state index in [9.17, 15) is 4.79 Å². The van der Waals surface area contributed by atoms with Crippen LogP contribution in [-0.4, -0.2) is 32.5 Å². The molecule has 1 saturated carbocycles. The lowest BCUT2D eigenvalue weighted by atomic mass is 9.97. The van der Waals surface area contributed by atoms with Crippen molar-refractivity contribution in [2.75, 3.05) is 6.54 Å². The Labute approximate surface area is 171 Å². The maximum atomic E-state index is 12.6. The molecule has 5 nitrogen and oxygen atoms in total. The summed E-state index contributed by atoms with van der Waals surface area (Å²) in [6.07, 6.45) is 10.6. The minimum atomic E-state index is -0.209. The molecule has 1 atom stereocenters. The van der Waals surface area contributed by atoms with Crippen LogP contribution in [0, 0.1) is 0 Å². The molecule has 2 aliphatic rings. The average Bonchev–Trinajstić information content (AvgIpc) is 3.49. The van der Waals surface area contributed by atoms with Gasteiger partial charge in [0.1, 0.15) is 5.82 Å². The molecule has 4 rings (SSSR count). The zero-order chi connectivity index (χ0) is 19.3. The fourth-order valence-electron chi connectivity index (χ4n) is 3.62. The first kappa shape index (κ1) is 19.2. The smallest absolute Gasteiger partial charge is 0.233 e. The van der Waals surface area contributed by atoms with Crippen LogP contribution < -0.4 is 5.32 Å². The maximum absolute atomic E-state index is 12.6. The topological polar surface area (TPSA) is 59.8 Å². The van der Waals surface area contributed by atoms with Crippen LogP contribution >= 0.6 is 11.8 Å². The van der Waals surface area contributed by atoms with Gasteiger partial charge in [-0.2, -0.15) is 0 Å². The van der Waals surface area contributed by atoms with E-state index in [0.29, 0.717) is 12.5 Å². The summed E-state index contributed by atoms with van der Waals surface area (Å²) in [4.78, 5) is 12.6. The lowest BCUT2D eigenvalue weighted by Crippen LogP contribution is -2.32. The van der Waals surface area contributed by atoms with Gasteiger partial charge in [0.15, 0.2) is 5.16 Å². The van der Waals surface area contributed by atoms with E-state index in [1.807, 2.05) is 25.1 Å². The first-order valence-corrected chi connectivity index (χ1v) is 11.2. The molecule has 0 aliphatic heterocycles. The van der Waals surface area contributed by atoms with Gasteiger partial charge in [-0.3, -0.25) is 9.36 Å². The molecule has 1 fully saturated rings. The number of thioether (sulfide) groups is 1. The molecule has 0 saturated heterocycles. The molecule has 1 aromatic heterocycles. The number of carbonyl (C=O) groups is 1. The molecule has 1 unspecified atom stereocenters. The normalized spacial score (nSPS) is 17.8. The Morgan fingerprint density at radius 1 is 1.25 bits per heavy atom. The van der Waals surface area contributed by atoms with E-state index in [4.69, 9.17) is 0 Å². The molecule has 1 N–H and O–H groups in total. The van der Waals surface area contributed by atoms with E-state index in [0.717, 1.165) is 23.1 Å². The summed E-state index contributed by atoms with van der Waals surface area (Å²) in [5.74, 6) is 1.58. The van der Waals surface area contributed by atoms with Crippen molar-refractivity contribution >= 4 is 17.7 Å². The number of nitrogens with zero attached hydrogens (tertiary/aromatic N) is 3. The Morgan fingerprint density at radius 3 is 2.79 bits per heavy atom. The highest BCUT2D eigenvalue weighted by atomic mass is 32.2. The first-order valence-electron chi connectivity index (χ1n) is 10.4. The predicted molar refractivity (Wildman–Crippen MR) is 113 cm³/mol. The number of hydrogen-bond acceptors (Lipinski definition) is 4. The van der Waals surface area contributed by atoms with Gasteiger partial charge < -0.3 is 5.32 Å². The van der Waals surface area contributed by atoms with Gasteiger partial charge in [-0.25, -0.2) is 0 Å². The number of hydrogen-bond donors (Lipinski definition) is 1. The first-order chi connectivity index (χ1) is 13.7. The molecule has 28 heavy (non-hydrogen) atoms. The summed E-state index contributed by atoms with van der Waals surface area (Å²) in [6.45, 7) is 2.66. The van der Waals surface area contributed by atoms with Gasteiger partial charge in [-0.05, 0) is 64.0 Å². The van der Waals surface area contributed by atoms with E-state index >= 15 is 0 Å². The molecule has 2 aromatic rings. The minimum absolute atomic E-state index is 0.0667. The highest BCUT2D eigenvalue weighted by Crippen LogP contribution is 2.41. The zero-order valence-corrected chi connectivity index (χ0v) is 17.3. The van der Waals surface area contributed by atoms with Crippen molar-refractivity contribution in [2.45, 2.75) is 68.2 Å². The Bertz CT molecular complexity index is 841. The van der Waals surface area contributed by atoms with Crippen molar-refractivity contribution < 1.29 is 4.79 Å². The number of nitrogens with one attached hydrogen (secondary N) is 1. The highest BCUT2D eigenvalue weighted by Gasteiger charge is 2.31. The Balaban J connectivity index is 1.39. The zero-order valence-electron chi connectivity index (χ0n) is 16.4. The highest BCUT2D eigenvalue weighted by molar-refractivity contribution is 8.00. The lowest BCUT2D eigenvalue weighted by molar-refractivity contribution is -0.120. The molecule has 1 aromatic carbocycles. The van der Waals surface area contributed by atoms with Crippen molar-refractivity contribution in [1.29, 1.82) is 0 Å². The molecule has 2 aliphatic carbocycles. The number of carbonyl (C=O) groups excluding carboxylic acids is 1. The van der Waals surface area contributed by atoms with Crippen molar-refractivity contribution in [3.8, 4) is 5.69 Å². The number of allylic oxidation sites excluding steroid dienone is 1. The van der Waals surface area contributed by atoms with Gasteiger partial charge in [0.25, 0.3) is 0 Å². The molecule has 0 spiro atoms. The van der Waals surface area contributed by atoms with Gasteiger partial charge in [-0.1, -0.05) is 41.6 Å². The van der Waals surface area contributed by atoms with Crippen molar-refractivity contribution in [1.82, 2.24) is 20.1 Å². The summed E-state index contributed by atoms with van der Waals surface area (Å²) in [7, 11) is 0. The summed E-state index contributed by atoms with van der Waals surface area (Å²) < 4.78 is 2.12. The summed E-state index contributed by atoms with van der Waals surface area (Å²) in [5, 5.41) is 12.5. The standard InChI is InChI=1S/C22H28N4OS/c1-16(21(27)23-15-14-17-8-4-2-5-9-17)28-22-25-24-20(18-12-13-18)26(22)19-10-6-3-7-11-19/h3,6-8,10-11,16,18H,2,4-5,9,12-15H2,1H3,(H,23,27). The third-order valence-corrected chi connectivity index (χ3v) is 6.44. The van der Waals surface area contributed by atoms with Gasteiger partial charge in [0.2, 0.25) is 5.91 Å². The van der Waals surface area contributed by atoms with E-state index in [-0.39, 0.29) is 11.2 Å². The van der Waals surface area contributed by atoms with E-state index in [1.54, 1.807) is 0 Å². The van der Waals surface area contributed by atoms with Crippen molar-refractivity contribution in [3.05, 3.63) is 47.8 Å². The van der Waals surface area contributed by atoms with Crippen LogP contribution in [-0.2, 0) is 4.79 Å². The molecule has 6 heteroatoms. The van der Waals surface area contributed by atoms with Gasteiger partial charge in [0, 0.05) is 18.2 Å². The van der Waals surface area contributed by atoms with Crippen LogP contribution in [0.25, 0.3) is 5.69 Å². The summed E-state index contributed by atoms with van der Waals surface area (Å²) in [6, 6.07) is 10.2. The average molecular weight is 397 g/mol. The van der Waals surface area contributed by atoms with Crippen LogP contribution in [0.1, 0.15) is 63.6 Å². The third kappa shape index (κ3) is 4.66. The summed E-state index contributed by atoms with van der Waals surface area (Å²) >= 11 is 1.49. The van der Waals surface area contributed by atoms with Gasteiger partial charge in [0.05, 0.1) is 5.25 Å². The largest absolute Gasteiger partial charge is 0.355 e. The second-order valence-electron chi connectivity index (χ2n) is 7.70. The van der Waals surface area contributed by atoms with Crippen LogP contribution in [0.15, 0.2) is 47.1 Å². The minimum Gasteiger partial charge on any atom is -0.355 e. The summed E-state index contributed by atoms with van der Waals surface area (Å²) in [5.41, 5.74) is 2.55. The van der Waals surface area contributed by atoms with Crippen LogP contribution in [0.5, 0.6) is 0 Å². The SMILES string of the molecule is CC(Sc1nnc(C2CC2)n1-c1ccccc1)C(=O)NCCC1=CCCCC1. The second-order valence-corrected chi connectivity index (χ2v) is 9.00. The van der Waals surface area contributed by atoms with E-state index in [1.165, 1.54) is 55.9 Å². The molecule has 1 heterocycles. The van der Waals surface area contributed by atoms with Crippen molar-refractivity contribution in [2.24, 2.45) is 0 Å². The number of para-hydroxylation sites is 1. The lowest BCUT2D eigenvalue weighted by Gasteiger charge is -2.15. The second kappa shape index (κ2) is 8.95. The number of rotatable bonds is 8. The van der Waals surface area contributed by atoms with Crippen LogP contribution in [0.2, 0.25) is 0 Å².